The molecule has 21 heteroatoms. The van der Waals surface area contributed by atoms with Gasteiger partial charge < -0.3 is 24.4 Å². The van der Waals surface area contributed by atoms with Crippen LogP contribution in [0.5, 0.6) is 11.5 Å². The molecule has 4 aromatic carbocycles. The number of nitriles is 2. The van der Waals surface area contributed by atoms with Gasteiger partial charge >= 0.3 is 0 Å². The molecule has 0 saturated carbocycles. The van der Waals surface area contributed by atoms with Crippen LogP contribution in [-0.2, 0) is 23.4 Å². The van der Waals surface area contributed by atoms with Gasteiger partial charge in [0.05, 0.1) is 74.7 Å². The zero-order valence-corrected chi connectivity index (χ0v) is 42.3. The molecule has 4 atom stereocenters. The first-order chi connectivity index (χ1) is 31.5. The molecule has 0 radical (unpaired) electrons. The molecule has 2 aliphatic rings. The Morgan fingerprint density at radius 3 is 1.46 bits per heavy atom. The summed E-state index contributed by atoms with van der Waals surface area (Å²) in [5.74, 6) is -0.0975. The van der Waals surface area contributed by atoms with E-state index in [9.17, 15) is 42.1 Å². The van der Waals surface area contributed by atoms with E-state index in [0.29, 0.717) is 100 Å². The average Bonchev–Trinajstić information content (AvgIpc) is 3.26. The molecule has 0 saturated heterocycles. The van der Waals surface area contributed by atoms with Gasteiger partial charge in [-0.2, -0.15) is 18.9 Å². The highest BCUT2D eigenvalue weighted by Crippen LogP contribution is 2.34. The Bertz CT molecular complexity index is 2710. The van der Waals surface area contributed by atoms with Crippen LogP contribution in [-0.4, -0.2) is 109 Å². The zero-order chi connectivity index (χ0) is 49.6. The Morgan fingerprint density at radius 1 is 0.701 bits per heavy atom. The number of ether oxygens (including phenoxy) is 2. The van der Waals surface area contributed by atoms with Crippen molar-refractivity contribution in [2.75, 3.05) is 65.1 Å². The Kier molecular flexibility index (Phi) is 20.9. The first-order valence-corrected chi connectivity index (χ1v) is 26.7. The number of rotatable bonds is 12. The predicted octanol–water partition coefficient (Wildman–Crippen LogP) is 9.17. The molecule has 0 aliphatic carbocycles. The number of hydrogen-bond acceptors (Lipinski definition) is 12. The number of nitrogens with zero attached hydrogens (tertiary/aromatic N) is 4. The van der Waals surface area contributed by atoms with E-state index >= 15 is 0 Å². The molecule has 4 aromatic rings. The summed E-state index contributed by atoms with van der Waals surface area (Å²) in [5.41, 5.74) is 3.08. The number of amides is 2. The van der Waals surface area contributed by atoms with Crippen molar-refractivity contribution in [3.05, 3.63) is 126 Å². The fraction of sp³-hybridized carbons (Fsp3) is 0.391. The van der Waals surface area contributed by atoms with Crippen molar-refractivity contribution < 1.29 is 45.2 Å². The predicted molar refractivity (Wildman–Crippen MR) is 260 cm³/mol. The van der Waals surface area contributed by atoms with Gasteiger partial charge in [-0.3, -0.25) is 13.8 Å². The lowest BCUT2D eigenvalue weighted by Crippen LogP contribution is -2.41. The maximum Gasteiger partial charge on any atom is 0.264 e. The Hall–Kier alpha value is -4.33. The summed E-state index contributed by atoms with van der Waals surface area (Å²) in [7, 11) is -2.29. The number of carbonyl (C=O) groups is 2. The number of aliphatic hydroxyl groups excluding tert-OH is 1. The Balaban J connectivity index is 0.000000267. The van der Waals surface area contributed by atoms with Crippen LogP contribution in [0.1, 0.15) is 81.5 Å². The topological polar surface area (TPSA) is 204 Å². The highest BCUT2D eigenvalue weighted by Gasteiger charge is 2.31. The van der Waals surface area contributed by atoms with E-state index in [2.05, 4.69) is 22.8 Å². The van der Waals surface area contributed by atoms with Crippen LogP contribution in [0.3, 0.4) is 0 Å². The number of benzene rings is 4. The van der Waals surface area contributed by atoms with Crippen LogP contribution >= 0.6 is 57.1 Å². The van der Waals surface area contributed by atoms with Crippen LogP contribution in [0.4, 0.5) is 0 Å². The highest BCUT2D eigenvalue weighted by molar-refractivity contribution is 8.13. The summed E-state index contributed by atoms with van der Waals surface area (Å²) in [6.07, 6.45) is 2.74. The molecule has 67 heavy (non-hydrogen) atoms. The number of hydrogen-bond donors (Lipinski definition) is 1. The standard InChI is InChI=1S/C23H24Cl2N2O5S.C22H22Cl2N2O3.CH3ClO2S/c1-15-12-27(23(28)19-5-3-4-17(11-26)22(19)31-14-15)13-18(8-9-32-33(2,29)30)16-6-7-20(24)21(25)10-16;1-14-11-26(12-17(7-8-27)15-5-6-19(23)20(24)9-15)22(28)18-4-2-3-16(10-25)21(18)29-13-14;1-5(2,3)4/h3-7,10,15,18H,8-9,12-14H2,1-2H3;2-6,9,14,17,27H,7-8,11-13H2,1H3;1H3/t15-,18-;14-,17-;/m11./s1. The van der Waals surface area contributed by atoms with Crippen molar-refractivity contribution >= 4 is 88.1 Å². The molecule has 2 amide bonds. The number of carbonyl (C=O) groups excluding carboxylic acids is 2. The maximum atomic E-state index is 13.5. The summed E-state index contributed by atoms with van der Waals surface area (Å²) in [6, 6.07) is 24.7. The fourth-order valence-corrected chi connectivity index (χ4v) is 8.33. The molecule has 0 fully saturated rings. The SMILES string of the molecule is CS(=O)(=O)Cl.C[C@H]1COc2c(C#N)cccc2C(=O)N(C[C@@H](CCO)c2ccc(Cl)c(Cl)c2)C1.C[C@H]1COc2c(C#N)cccc2C(=O)N(C[C@@H](CCOS(C)(=O)=O)c2ccc(Cl)c(Cl)c2)C1. The summed E-state index contributed by atoms with van der Waals surface area (Å²) < 4.78 is 58.3. The van der Waals surface area contributed by atoms with Crippen LogP contribution < -0.4 is 9.47 Å². The van der Waals surface area contributed by atoms with Crippen LogP contribution in [0.15, 0.2) is 72.8 Å². The van der Waals surface area contributed by atoms with Crippen LogP contribution in [0, 0.1) is 34.5 Å². The second-order valence-corrected chi connectivity index (χ2v) is 22.4. The molecule has 360 valence electrons. The first kappa shape index (κ1) is 55.3. The van der Waals surface area contributed by atoms with Crippen molar-refractivity contribution in [3.63, 3.8) is 0 Å². The van der Waals surface area contributed by atoms with E-state index in [1.54, 1.807) is 70.5 Å². The van der Waals surface area contributed by atoms with Crippen LogP contribution in [0.25, 0.3) is 0 Å². The number of halogens is 5. The molecule has 0 aromatic heterocycles. The minimum atomic E-state index is -3.60. The number of aliphatic hydroxyl groups is 1. The normalized spacial score (nSPS) is 17.0. The zero-order valence-electron chi connectivity index (χ0n) is 36.9. The van der Waals surface area contributed by atoms with Gasteiger partial charge in [-0.05, 0) is 72.5 Å². The van der Waals surface area contributed by atoms with Gasteiger partial charge in [0.1, 0.15) is 23.6 Å². The van der Waals surface area contributed by atoms with Gasteiger partial charge in [-0.1, -0.05) is 84.5 Å². The van der Waals surface area contributed by atoms with Gasteiger partial charge in [-0.25, -0.2) is 8.42 Å². The fourth-order valence-electron chi connectivity index (χ4n) is 7.32. The summed E-state index contributed by atoms with van der Waals surface area (Å²) in [4.78, 5) is 30.3. The van der Waals surface area contributed by atoms with E-state index < -0.39 is 19.2 Å². The Morgan fingerprint density at radius 2 is 1.10 bits per heavy atom. The molecule has 0 spiro atoms. The Labute approximate surface area is 416 Å². The van der Waals surface area contributed by atoms with Crippen molar-refractivity contribution in [2.24, 2.45) is 11.8 Å². The van der Waals surface area contributed by atoms with Crippen molar-refractivity contribution in [1.82, 2.24) is 9.80 Å². The van der Waals surface area contributed by atoms with Crippen LogP contribution in [0.2, 0.25) is 20.1 Å². The van der Waals surface area contributed by atoms with E-state index in [4.69, 9.17) is 60.1 Å². The number of para-hydroxylation sites is 2. The summed E-state index contributed by atoms with van der Waals surface area (Å²) in [6.45, 7) is 6.32. The molecular weight excluding hydrogens is 1010 g/mol. The van der Waals surface area contributed by atoms with E-state index in [0.717, 1.165) is 23.6 Å². The van der Waals surface area contributed by atoms with Gasteiger partial charge in [0, 0.05) is 67.1 Å². The smallest absolute Gasteiger partial charge is 0.264 e. The number of fused-ring (bicyclic) bond motifs is 2. The lowest BCUT2D eigenvalue weighted by atomic mass is 9.94. The molecule has 0 bridgehead atoms. The highest BCUT2D eigenvalue weighted by atomic mass is 35.7. The summed E-state index contributed by atoms with van der Waals surface area (Å²) in [5, 5.41) is 30.1. The third-order valence-corrected chi connectivity index (χ3v) is 12.4. The third-order valence-electron chi connectivity index (χ3n) is 10.3. The van der Waals surface area contributed by atoms with Gasteiger partial charge in [0.15, 0.2) is 0 Å². The third kappa shape index (κ3) is 17.0. The van der Waals surface area contributed by atoms with Crippen molar-refractivity contribution in [1.29, 1.82) is 10.5 Å². The molecule has 0 unspecified atom stereocenters. The summed E-state index contributed by atoms with van der Waals surface area (Å²) >= 11 is 24.5. The molecule has 6 rings (SSSR count). The van der Waals surface area contributed by atoms with Gasteiger partial charge in [-0.15, -0.1) is 0 Å². The molecule has 2 aliphatic heterocycles. The molecule has 14 nitrogen and oxygen atoms in total. The van der Waals surface area contributed by atoms with Crippen molar-refractivity contribution in [2.45, 2.75) is 38.5 Å². The molecular formula is C46H49Cl5N4O10S2. The van der Waals surface area contributed by atoms with Gasteiger partial charge in [0.25, 0.3) is 21.9 Å². The van der Waals surface area contributed by atoms with Gasteiger partial charge in [0.2, 0.25) is 9.05 Å². The second kappa shape index (κ2) is 25.3. The van der Waals surface area contributed by atoms with E-state index in [1.807, 2.05) is 26.0 Å². The lowest BCUT2D eigenvalue weighted by Gasteiger charge is -2.33. The second-order valence-electron chi connectivity index (χ2n) is 16.1. The molecule has 1 N–H and O–H groups in total. The largest absolute Gasteiger partial charge is 0.491 e. The maximum absolute atomic E-state index is 13.5. The van der Waals surface area contributed by atoms with E-state index in [1.165, 1.54) is 0 Å². The minimum absolute atomic E-state index is 0.00979. The first-order valence-electron chi connectivity index (χ1n) is 20.7. The molecule has 2 heterocycles. The van der Waals surface area contributed by atoms with E-state index in [-0.39, 0.29) is 54.4 Å². The quantitative estimate of drug-likeness (QED) is 0.104. The average molecular weight is 1060 g/mol. The van der Waals surface area contributed by atoms with Crippen molar-refractivity contribution in [3.8, 4) is 23.6 Å². The minimum Gasteiger partial charge on any atom is -0.491 e. The lowest BCUT2D eigenvalue weighted by molar-refractivity contribution is 0.0657. The monoisotopic (exact) mass is 1060 g/mol.